The summed E-state index contributed by atoms with van der Waals surface area (Å²) < 4.78 is 11.8. The first-order chi connectivity index (χ1) is 9.54. The lowest BCUT2D eigenvalue weighted by atomic mass is 10.1. The van der Waals surface area contributed by atoms with Crippen molar-refractivity contribution in [3.63, 3.8) is 0 Å². The van der Waals surface area contributed by atoms with E-state index in [0.29, 0.717) is 12.0 Å². The zero-order valence-corrected chi connectivity index (χ0v) is 14.5. The highest BCUT2D eigenvalue weighted by atomic mass is 79.9. The van der Waals surface area contributed by atoms with Crippen LogP contribution in [-0.4, -0.2) is 26.9 Å². The Morgan fingerprint density at radius 2 is 2.00 bits per heavy atom. The van der Waals surface area contributed by atoms with Crippen LogP contribution in [0, 0.1) is 5.92 Å². The number of benzene rings is 1. The fourth-order valence-corrected chi connectivity index (χ4v) is 2.44. The molecule has 114 valence electrons. The van der Waals surface area contributed by atoms with Gasteiger partial charge in [0.1, 0.15) is 5.75 Å². The summed E-state index contributed by atoms with van der Waals surface area (Å²) in [5.74, 6) is 1.47. The minimum Gasteiger partial charge on any atom is -0.496 e. The largest absolute Gasteiger partial charge is 0.496 e. The van der Waals surface area contributed by atoms with Crippen LogP contribution in [0.1, 0.15) is 38.8 Å². The van der Waals surface area contributed by atoms with Crippen molar-refractivity contribution in [2.75, 3.05) is 26.9 Å². The second-order valence-corrected chi connectivity index (χ2v) is 6.25. The molecule has 20 heavy (non-hydrogen) atoms. The van der Waals surface area contributed by atoms with Crippen molar-refractivity contribution in [2.45, 2.75) is 33.2 Å². The second-order valence-electron chi connectivity index (χ2n) is 5.39. The van der Waals surface area contributed by atoms with Gasteiger partial charge >= 0.3 is 0 Å². The normalized spacial score (nSPS) is 12.7. The topological polar surface area (TPSA) is 30.5 Å². The molecule has 1 rings (SSSR count). The number of rotatable bonds is 9. The van der Waals surface area contributed by atoms with E-state index < -0.39 is 0 Å². The molecule has 1 unspecified atom stereocenters. The summed E-state index contributed by atoms with van der Waals surface area (Å²) in [6.45, 7) is 9.14. The Balaban J connectivity index is 2.29. The van der Waals surface area contributed by atoms with Gasteiger partial charge in [0.2, 0.25) is 0 Å². The van der Waals surface area contributed by atoms with Crippen LogP contribution in [0.25, 0.3) is 0 Å². The van der Waals surface area contributed by atoms with E-state index in [2.05, 4.69) is 54.2 Å². The van der Waals surface area contributed by atoms with Gasteiger partial charge in [-0.25, -0.2) is 0 Å². The Hall–Kier alpha value is -0.580. The van der Waals surface area contributed by atoms with E-state index in [1.54, 1.807) is 7.11 Å². The molecule has 1 N–H and O–H groups in total. The van der Waals surface area contributed by atoms with E-state index in [4.69, 9.17) is 9.47 Å². The van der Waals surface area contributed by atoms with Crippen LogP contribution in [0.4, 0.5) is 0 Å². The van der Waals surface area contributed by atoms with Gasteiger partial charge < -0.3 is 14.8 Å². The highest BCUT2D eigenvalue weighted by Gasteiger charge is 2.07. The minimum absolute atomic E-state index is 0.322. The maximum atomic E-state index is 5.57. The molecule has 0 aliphatic carbocycles. The minimum atomic E-state index is 0.322. The Morgan fingerprint density at radius 3 is 2.60 bits per heavy atom. The Morgan fingerprint density at radius 1 is 1.25 bits per heavy atom. The summed E-state index contributed by atoms with van der Waals surface area (Å²) in [4.78, 5) is 0. The van der Waals surface area contributed by atoms with Crippen molar-refractivity contribution in [1.29, 1.82) is 0 Å². The second kappa shape index (κ2) is 9.37. The average Bonchev–Trinajstić information content (AvgIpc) is 2.42. The van der Waals surface area contributed by atoms with Gasteiger partial charge in [-0.05, 0) is 59.4 Å². The predicted octanol–water partition coefficient (Wildman–Crippen LogP) is 4.17. The summed E-state index contributed by atoms with van der Waals surface area (Å²) in [5, 5.41) is 3.51. The van der Waals surface area contributed by atoms with Crippen molar-refractivity contribution < 1.29 is 9.47 Å². The number of hydrogen-bond donors (Lipinski definition) is 1. The molecule has 4 heteroatoms. The molecule has 0 saturated carbocycles. The zero-order chi connectivity index (χ0) is 15.0. The summed E-state index contributed by atoms with van der Waals surface area (Å²) in [5.41, 5.74) is 1.25. The van der Waals surface area contributed by atoms with Crippen LogP contribution in [0.2, 0.25) is 0 Å². The smallest absolute Gasteiger partial charge is 0.133 e. The number of methoxy groups -OCH3 is 1. The third-order valence-corrected chi connectivity index (χ3v) is 3.66. The van der Waals surface area contributed by atoms with Gasteiger partial charge in [-0.3, -0.25) is 0 Å². The summed E-state index contributed by atoms with van der Waals surface area (Å²) in [6.07, 6.45) is 1.04. The first-order valence-corrected chi connectivity index (χ1v) is 7.98. The molecule has 0 fully saturated rings. The van der Waals surface area contributed by atoms with Crippen LogP contribution in [-0.2, 0) is 4.74 Å². The molecule has 0 heterocycles. The van der Waals surface area contributed by atoms with E-state index in [0.717, 1.165) is 36.4 Å². The van der Waals surface area contributed by atoms with Gasteiger partial charge in [-0.2, -0.15) is 0 Å². The van der Waals surface area contributed by atoms with Crippen molar-refractivity contribution >= 4 is 15.9 Å². The van der Waals surface area contributed by atoms with E-state index in [9.17, 15) is 0 Å². The maximum absolute atomic E-state index is 5.57. The Labute approximate surface area is 131 Å². The van der Waals surface area contributed by atoms with E-state index in [1.807, 2.05) is 6.07 Å². The fourth-order valence-electron chi connectivity index (χ4n) is 1.88. The van der Waals surface area contributed by atoms with Gasteiger partial charge in [0.15, 0.2) is 0 Å². The van der Waals surface area contributed by atoms with Gasteiger partial charge in [-0.1, -0.05) is 19.9 Å². The van der Waals surface area contributed by atoms with Crippen molar-refractivity contribution in [1.82, 2.24) is 5.32 Å². The van der Waals surface area contributed by atoms with Crippen molar-refractivity contribution in [3.05, 3.63) is 28.2 Å². The standard InChI is InChI=1S/C16H26BrNO2/c1-12(2)11-20-9-5-8-18-13(3)14-6-7-16(19-4)15(17)10-14/h6-7,10,12-13,18H,5,8-9,11H2,1-4H3. The molecule has 0 amide bonds. The fraction of sp³-hybridized carbons (Fsp3) is 0.625. The van der Waals surface area contributed by atoms with Crippen molar-refractivity contribution in [3.8, 4) is 5.75 Å². The van der Waals surface area contributed by atoms with Crippen LogP contribution in [0.5, 0.6) is 5.75 Å². The summed E-state index contributed by atoms with van der Waals surface area (Å²) in [7, 11) is 1.68. The molecule has 1 atom stereocenters. The Bertz CT molecular complexity index is 396. The molecule has 3 nitrogen and oxygen atoms in total. The third-order valence-electron chi connectivity index (χ3n) is 3.04. The number of nitrogens with one attached hydrogen (secondary N) is 1. The quantitative estimate of drug-likeness (QED) is 0.682. The lowest BCUT2D eigenvalue weighted by Gasteiger charge is -2.16. The zero-order valence-electron chi connectivity index (χ0n) is 12.9. The SMILES string of the molecule is COc1ccc(C(C)NCCCOCC(C)C)cc1Br. The van der Waals surface area contributed by atoms with Gasteiger partial charge in [0.05, 0.1) is 11.6 Å². The highest BCUT2D eigenvalue weighted by Crippen LogP contribution is 2.27. The molecule has 0 bridgehead atoms. The van der Waals surface area contributed by atoms with Gasteiger partial charge in [0.25, 0.3) is 0 Å². The van der Waals surface area contributed by atoms with Crippen LogP contribution >= 0.6 is 15.9 Å². The highest BCUT2D eigenvalue weighted by molar-refractivity contribution is 9.10. The molecule has 0 aliphatic rings. The maximum Gasteiger partial charge on any atom is 0.133 e. The van der Waals surface area contributed by atoms with E-state index in [1.165, 1.54) is 5.56 Å². The first kappa shape index (κ1) is 17.5. The number of halogens is 1. The molecule has 0 radical (unpaired) electrons. The van der Waals surface area contributed by atoms with E-state index in [-0.39, 0.29) is 0 Å². The molecule has 0 aromatic heterocycles. The molecule has 0 saturated heterocycles. The Kier molecular flexibility index (Phi) is 8.19. The van der Waals surface area contributed by atoms with Gasteiger partial charge in [0, 0.05) is 19.3 Å². The van der Waals surface area contributed by atoms with Crippen LogP contribution < -0.4 is 10.1 Å². The number of ether oxygens (including phenoxy) is 2. The number of hydrogen-bond acceptors (Lipinski definition) is 3. The van der Waals surface area contributed by atoms with E-state index >= 15 is 0 Å². The lowest BCUT2D eigenvalue weighted by molar-refractivity contribution is 0.107. The summed E-state index contributed by atoms with van der Waals surface area (Å²) >= 11 is 3.52. The molecule has 0 spiro atoms. The predicted molar refractivity (Wildman–Crippen MR) is 87.4 cm³/mol. The van der Waals surface area contributed by atoms with Crippen LogP contribution in [0.3, 0.4) is 0 Å². The molecular weight excluding hydrogens is 318 g/mol. The third kappa shape index (κ3) is 6.25. The molecule has 0 aliphatic heterocycles. The average molecular weight is 344 g/mol. The summed E-state index contributed by atoms with van der Waals surface area (Å²) in [6, 6.07) is 6.51. The van der Waals surface area contributed by atoms with Crippen molar-refractivity contribution in [2.24, 2.45) is 5.92 Å². The molecule has 1 aromatic carbocycles. The first-order valence-electron chi connectivity index (χ1n) is 7.19. The lowest BCUT2D eigenvalue weighted by Crippen LogP contribution is -2.21. The monoisotopic (exact) mass is 343 g/mol. The molecular formula is C16H26BrNO2. The van der Waals surface area contributed by atoms with Gasteiger partial charge in [-0.15, -0.1) is 0 Å². The van der Waals surface area contributed by atoms with Crippen LogP contribution in [0.15, 0.2) is 22.7 Å². The molecule has 1 aromatic rings.